The number of terminal acetylenes is 1. The molecule has 0 saturated heterocycles. The van der Waals surface area contributed by atoms with E-state index < -0.39 is 0 Å². The lowest BCUT2D eigenvalue weighted by molar-refractivity contribution is 0.157. The van der Waals surface area contributed by atoms with Crippen LogP contribution in [0.5, 0.6) is 0 Å². The Morgan fingerprint density at radius 3 is 2.86 bits per heavy atom. The van der Waals surface area contributed by atoms with Crippen molar-refractivity contribution in [2.45, 2.75) is 38.1 Å². The molecule has 1 fully saturated rings. The summed E-state index contributed by atoms with van der Waals surface area (Å²) < 4.78 is 5.19. The van der Waals surface area contributed by atoms with E-state index in [9.17, 15) is 0 Å². The zero-order chi connectivity index (χ0) is 10.2. The smallest absolute Gasteiger partial charge is 0.0618 e. The first-order chi connectivity index (χ1) is 6.88. The van der Waals surface area contributed by atoms with Gasteiger partial charge in [-0.05, 0) is 38.1 Å². The molecule has 0 bridgehead atoms. The quantitative estimate of drug-likeness (QED) is 0.471. The molecule has 0 radical (unpaired) electrons. The predicted octanol–water partition coefficient (Wildman–Crippen LogP) is 1.80. The Hall–Kier alpha value is -0.520. The van der Waals surface area contributed by atoms with Gasteiger partial charge in [-0.1, -0.05) is 0 Å². The van der Waals surface area contributed by atoms with Gasteiger partial charge in [-0.15, -0.1) is 12.3 Å². The van der Waals surface area contributed by atoms with Crippen LogP contribution in [0.2, 0.25) is 0 Å². The lowest BCUT2D eigenvalue weighted by Gasteiger charge is -2.16. The Bertz CT molecular complexity index is 181. The molecule has 2 heteroatoms. The van der Waals surface area contributed by atoms with Gasteiger partial charge in [0.2, 0.25) is 0 Å². The maximum atomic E-state index is 5.19. The first kappa shape index (κ1) is 11.6. The maximum absolute atomic E-state index is 5.19. The van der Waals surface area contributed by atoms with Gasteiger partial charge in [0, 0.05) is 19.6 Å². The van der Waals surface area contributed by atoms with E-state index in [1.165, 1.54) is 19.3 Å². The van der Waals surface area contributed by atoms with E-state index in [1.54, 1.807) is 7.11 Å². The summed E-state index contributed by atoms with van der Waals surface area (Å²) in [4.78, 5) is 0. The Morgan fingerprint density at radius 2 is 2.29 bits per heavy atom. The molecular weight excluding hydrogens is 174 g/mol. The van der Waals surface area contributed by atoms with Crippen LogP contribution in [-0.4, -0.2) is 26.3 Å². The van der Waals surface area contributed by atoms with Gasteiger partial charge >= 0.3 is 0 Å². The Balaban J connectivity index is 1.99. The summed E-state index contributed by atoms with van der Waals surface area (Å²) in [7, 11) is 1.77. The minimum Gasteiger partial charge on any atom is -0.383 e. The van der Waals surface area contributed by atoms with Crippen molar-refractivity contribution in [3.8, 4) is 12.3 Å². The van der Waals surface area contributed by atoms with Gasteiger partial charge in [0.25, 0.3) is 0 Å². The number of methoxy groups -OCH3 is 1. The van der Waals surface area contributed by atoms with Gasteiger partial charge in [-0.25, -0.2) is 0 Å². The highest BCUT2D eigenvalue weighted by atomic mass is 16.5. The Labute approximate surface area is 87.4 Å². The highest BCUT2D eigenvalue weighted by molar-refractivity contribution is 4.86. The fourth-order valence-electron chi connectivity index (χ4n) is 1.68. The summed E-state index contributed by atoms with van der Waals surface area (Å²) in [6, 6.07) is 0.575. The molecule has 0 heterocycles. The van der Waals surface area contributed by atoms with Gasteiger partial charge in [-0.2, -0.15) is 0 Å². The van der Waals surface area contributed by atoms with Crippen molar-refractivity contribution in [1.29, 1.82) is 0 Å². The Kier molecular flexibility index (Phi) is 5.66. The van der Waals surface area contributed by atoms with Crippen molar-refractivity contribution in [1.82, 2.24) is 5.32 Å². The second kappa shape index (κ2) is 6.86. The number of nitrogens with one attached hydrogen (secondary N) is 1. The molecule has 80 valence electrons. The number of rotatable bonds is 8. The molecule has 0 aromatic rings. The third-order valence-corrected chi connectivity index (χ3v) is 2.69. The van der Waals surface area contributed by atoms with Crippen LogP contribution in [-0.2, 0) is 4.74 Å². The summed E-state index contributed by atoms with van der Waals surface area (Å²) in [5.41, 5.74) is 0. The third-order valence-electron chi connectivity index (χ3n) is 2.69. The zero-order valence-corrected chi connectivity index (χ0v) is 9.09. The fraction of sp³-hybridized carbons (Fsp3) is 0.833. The summed E-state index contributed by atoms with van der Waals surface area (Å²) in [6.07, 6.45) is 11.1. The number of ether oxygens (including phenoxy) is 1. The maximum Gasteiger partial charge on any atom is 0.0618 e. The SMILES string of the molecule is C#CCCCCNC(COC)C1CC1. The second-order valence-corrected chi connectivity index (χ2v) is 4.01. The van der Waals surface area contributed by atoms with Crippen LogP contribution >= 0.6 is 0 Å². The van der Waals surface area contributed by atoms with Gasteiger partial charge in [0.05, 0.1) is 6.61 Å². The summed E-state index contributed by atoms with van der Waals surface area (Å²) in [5.74, 6) is 3.53. The van der Waals surface area contributed by atoms with Gasteiger partial charge in [0.1, 0.15) is 0 Å². The fourth-order valence-corrected chi connectivity index (χ4v) is 1.68. The molecule has 0 amide bonds. The van der Waals surface area contributed by atoms with Crippen molar-refractivity contribution in [2.24, 2.45) is 5.92 Å². The first-order valence-corrected chi connectivity index (χ1v) is 5.54. The molecule has 0 spiro atoms. The Morgan fingerprint density at radius 1 is 1.50 bits per heavy atom. The van der Waals surface area contributed by atoms with E-state index in [-0.39, 0.29) is 0 Å². The average molecular weight is 195 g/mol. The molecule has 2 nitrogen and oxygen atoms in total. The van der Waals surface area contributed by atoms with Crippen molar-refractivity contribution in [3.05, 3.63) is 0 Å². The van der Waals surface area contributed by atoms with E-state index in [2.05, 4.69) is 11.2 Å². The van der Waals surface area contributed by atoms with E-state index in [0.717, 1.165) is 31.9 Å². The molecule has 14 heavy (non-hydrogen) atoms. The van der Waals surface area contributed by atoms with E-state index in [1.807, 2.05) is 0 Å². The van der Waals surface area contributed by atoms with Crippen molar-refractivity contribution in [2.75, 3.05) is 20.3 Å². The summed E-state index contributed by atoms with van der Waals surface area (Å²) in [6.45, 7) is 1.92. The van der Waals surface area contributed by atoms with Crippen LogP contribution in [0.1, 0.15) is 32.1 Å². The highest BCUT2D eigenvalue weighted by Crippen LogP contribution is 2.32. The van der Waals surface area contributed by atoms with Gasteiger partial charge < -0.3 is 10.1 Å². The van der Waals surface area contributed by atoms with Crippen LogP contribution in [0.25, 0.3) is 0 Å². The third kappa shape index (κ3) is 4.64. The normalized spacial score (nSPS) is 17.7. The molecule has 1 unspecified atom stereocenters. The van der Waals surface area contributed by atoms with Crippen LogP contribution in [0.3, 0.4) is 0 Å². The summed E-state index contributed by atoms with van der Waals surface area (Å²) >= 11 is 0. The standard InChI is InChI=1S/C12H21NO/c1-3-4-5-6-9-13-12(10-14-2)11-7-8-11/h1,11-13H,4-10H2,2H3. The van der Waals surface area contributed by atoms with Crippen LogP contribution in [0.4, 0.5) is 0 Å². The number of unbranched alkanes of at least 4 members (excludes halogenated alkanes) is 2. The van der Waals surface area contributed by atoms with Gasteiger partial charge in [-0.3, -0.25) is 0 Å². The minimum atomic E-state index is 0.575. The van der Waals surface area contributed by atoms with Crippen molar-refractivity contribution < 1.29 is 4.74 Å². The first-order valence-electron chi connectivity index (χ1n) is 5.54. The average Bonchev–Trinajstić information content (AvgIpc) is 2.99. The molecule has 1 rings (SSSR count). The highest BCUT2D eigenvalue weighted by Gasteiger charge is 2.30. The number of hydrogen-bond acceptors (Lipinski definition) is 2. The number of hydrogen-bond donors (Lipinski definition) is 1. The van der Waals surface area contributed by atoms with Crippen LogP contribution in [0, 0.1) is 18.3 Å². The lowest BCUT2D eigenvalue weighted by Crippen LogP contribution is -2.35. The van der Waals surface area contributed by atoms with Gasteiger partial charge in [0.15, 0.2) is 0 Å². The molecular formula is C12H21NO. The molecule has 1 saturated carbocycles. The molecule has 1 aliphatic rings. The zero-order valence-electron chi connectivity index (χ0n) is 9.09. The predicted molar refractivity (Wildman–Crippen MR) is 59.1 cm³/mol. The summed E-state index contributed by atoms with van der Waals surface area (Å²) in [5, 5.41) is 3.55. The lowest BCUT2D eigenvalue weighted by atomic mass is 10.2. The van der Waals surface area contributed by atoms with E-state index in [0.29, 0.717) is 6.04 Å². The molecule has 1 aliphatic carbocycles. The monoisotopic (exact) mass is 195 g/mol. The topological polar surface area (TPSA) is 21.3 Å². The van der Waals surface area contributed by atoms with E-state index in [4.69, 9.17) is 11.2 Å². The minimum absolute atomic E-state index is 0.575. The second-order valence-electron chi connectivity index (χ2n) is 4.01. The molecule has 0 aromatic heterocycles. The molecule has 0 aliphatic heterocycles. The molecule has 1 atom stereocenters. The van der Waals surface area contributed by atoms with Crippen molar-refractivity contribution in [3.63, 3.8) is 0 Å². The molecule has 1 N–H and O–H groups in total. The molecule has 0 aromatic carbocycles. The van der Waals surface area contributed by atoms with E-state index >= 15 is 0 Å². The largest absolute Gasteiger partial charge is 0.383 e. The van der Waals surface area contributed by atoms with Crippen molar-refractivity contribution >= 4 is 0 Å². The van der Waals surface area contributed by atoms with Crippen LogP contribution < -0.4 is 5.32 Å². The van der Waals surface area contributed by atoms with Crippen LogP contribution in [0.15, 0.2) is 0 Å².